The maximum Gasteiger partial charge on any atom is 0.269 e. The highest BCUT2D eigenvalue weighted by atomic mass is 35.5. The molecule has 0 spiro atoms. The van der Waals surface area contributed by atoms with E-state index in [1.807, 2.05) is 12.1 Å². The number of fused-ring (bicyclic) bond motifs is 2. The van der Waals surface area contributed by atoms with Crippen LogP contribution in [0.25, 0.3) is 10.9 Å². The van der Waals surface area contributed by atoms with Crippen molar-refractivity contribution < 1.29 is 19.1 Å². The van der Waals surface area contributed by atoms with Crippen LogP contribution in [0.1, 0.15) is 10.4 Å². The van der Waals surface area contributed by atoms with Gasteiger partial charge in [-0.2, -0.15) is 0 Å². The molecule has 0 radical (unpaired) electrons. The Labute approximate surface area is 159 Å². The molecule has 2 amide bonds. The Bertz CT molecular complexity index is 1030. The Kier molecular flexibility index (Phi) is 4.60. The van der Waals surface area contributed by atoms with Crippen molar-refractivity contribution in [2.75, 3.05) is 13.2 Å². The maximum absolute atomic E-state index is 12.2. The summed E-state index contributed by atoms with van der Waals surface area (Å²) in [4.78, 5) is 24.4. The third-order valence-electron chi connectivity index (χ3n) is 4.17. The lowest BCUT2D eigenvalue weighted by Gasteiger charge is -2.18. The van der Waals surface area contributed by atoms with Crippen LogP contribution < -0.4 is 20.3 Å². The van der Waals surface area contributed by atoms with Crippen molar-refractivity contribution in [1.29, 1.82) is 0 Å². The van der Waals surface area contributed by atoms with Crippen LogP contribution in [0.3, 0.4) is 0 Å². The van der Waals surface area contributed by atoms with Crippen molar-refractivity contribution in [2.45, 2.75) is 6.54 Å². The lowest BCUT2D eigenvalue weighted by atomic mass is 10.2. The number of aromatic nitrogens is 1. The predicted octanol–water partition coefficient (Wildman–Crippen LogP) is 2.53. The summed E-state index contributed by atoms with van der Waals surface area (Å²) in [5, 5.41) is 1.57. The van der Waals surface area contributed by atoms with Crippen LogP contribution in [0.15, 0.2) is 48.7 Å². The largest absolute Gasteiger partial charge is 0.486 e. The van der Waals surface area contributed by atoms with E-state index in [0.717, 1.165) is 10.9 Å². The molecule has 0 fully saturated rings. The minimum atomic E-state index is -0.444. The van der Waals surface area contributed by atoms with E-state index in [1.165, 1.54) is 0 Å². The quantitative estimate of drug-likeness (QED) is 0.679. The Morgan fingerprint density at radius 2 is 1.81 bits per heavy atom. The summed E-state index contributed by atoms with van der Waals surface area (Å²) in [7, 11) is 0. The third-order valence-corrected chi connectivity index (χ3v) is 4.40. The van der Waals surface area contributed by atoms with E-state index in [9.17, 15) is 9.59 Å². The van der Waals surface area contributed by atoms with Gasteiger partial charge in [-0.15, -0.1) is 0 Å². The normalized spacial score (nSPS) is 12.6. The molecule has 0 saturated heterocycles. The van der Waals surface area contributed by atoms with E-state index >= 15 is 0 Å². The molecule has 1 aromatic heterocycles. The molecule has 1 aliphatic heterocycles. The average Bonchev–Trinajstić information content (AvgIpc) is 3.07. The first-order valence-electron chi connectivity index (χ1n) is 8.33. The van der Waals surface area contributed by atoms with Gasteiger partial charge >= 0.3 is 0 Å². The summed E-state index contributed by atoms with van der Waals surface area (Å²) in [5.74, 6) is 0.301. The first kappa shape index (κ1) is 17.2. The number of amides is 2. The Morgan fingerprint density at radius 1 is 1.00 bits per heavy atom. The highest BCUT2D eigenvalue weighted by molar-refractivity contribution is 6.31. The fourth-order valence-corrected chi connectivity index (χ4v) is 3.04. The number of hydrazine groups is 1. The summed E-state index contributed by atoms with van der Waals surface area (Å²) >= 11 is 6.02. The zero-order valence-electron chi connectivity index (χ0n) is 14.2. The van der Waals surface area contributed by atoms with Gasteiger partial charge in [-0.3, -0.25) is 20.4 Å². The summed E-state index contributed by atoms with van der Waals surface area (Å²) < 4.78 is 12.6. The molecule has 4 rings (SSSR count). The number of hydrogen-bond acceptors (Lipinski definition) is 4. The van der Waals surface area contributed by atoms with Crippen LogP contribution in [0.4, 0.5) is 0 Å². The van der Waals surface area contributed by atoms with Crippen molar-refractivity contribution >= 4 is 34.3 Å². The number of ether oxygens (including phenoxy) is 2. The van der Waals surface area contributed by atoms with Crippen LogP contribution in [-0.4, -0.2) is 29.6 Å². The summed E-state index contributed by atoms with van der Waals surface area (Å²) in [6.45, 7) is 0.961. The second kappa shape index (κ2) is 7.20. The fraction of sp³-hybridized carbons (Fsp3) is 0.158. The second-order valence-electron chi connectivity index (χ2n) is 6.01. The van der Waals surface area contributed by atoms with Gasteiger partial charge in [0, 0.05) is 22.3 Å². The van der Waals surface area contributed by atoms with Crippen LogP contribution in [0.2, 0.25) is 5.02 Å². The van der Waals surface area contributed by atoms with Gasteiger partial charge in [0.15, 0.2) is 11.5 Å². The molecule has 0 saturated carbocycles. The number of rotatable bonds is 3. The summed E-state index contributed by atoms with van der Waals surface area (Å²) in [5.41, 5.74) is 6.02. The fourth-order valence-electron chi connectivity index (χ4n) is 2.87. The Morgan fingerprint density at radius 3 is 2.67 bits per heavy atom. The van der Waals surface area contributed by atoms with E-state index in [2.05, 4.69) is 10.9 Å². The molecule has 2 heterocycles. The number of benzene rings is 2. The van der Waals surface area contributed by atoms with Crippen LogP contribution in [0, 0.1) is 0 Å². The molecular weight excluding hydrogens is 370 g/mol. The maximum atomic E-state index is 12.2. The van der Waals surface area contributed by atoms with E-state index in [1.54, 1.807) is 41.1 Å². The zero-order valence-corrected chi connectivity index (χ0v) is 15.0. The minimum absolute atomic E-state index is 0.0469. The predicted molar refractivity (Wildman–Crippen MR) is 100.0 cm³/mol. The standard InChI is InChI=1S/C19H16ClN3O4/c20-14-3-1-12-5-6-23(15(12)10-14)11-18(24)21-22-19(25)13-2-4-16-17(9-13)27-8-7-26-16/h1-6,9-10H,7-8,11H2,(H,21,24)(H,22,25). The van der Waals surface area contributed by atoms with Crippen molar-refractivity contribution in [3.8, 4) is 11.5 Å². The number of nitrogens with zero attached hydrogens (tertiary/aromatic N) is 1. The lowest BCUT2D eigenvalue weighted by molar-refractivity contribution is -0.122. The van der Waals surface area contributed by atoms with Crippen LogP contribution >= 0.6 is 11.6 Å². The second-order valence-corrected chi connectivity index (χ2v) is 6.44. The number of carbonyl (C=O) groups excluding carboxylic acids is 2. The highest BCUT2D eigenvalue weighted by Crippen LogP contribution is 2.30. The topological polar surface area (TPSA) is 81.6 Å². The monoisotopic (exact) mass is 385 g/mol. The van der Waals surface area contributed by atoms with Gasteiger partial charge in [0.2, 0.25) is 0 Å². The van der Waals surface area contributed by atoms with Crippen molar-refractivity contribution in [3.05, 3.63) is 59.2 Å². The highest BCUT2D eigenvalue weighted by Gasteiger charge is 2.15. The number of nitrogens with one attached hydrogen (secondary N) is 2. The smallest absolute Gasteiger partial charge is 0.269 e. The lowest BCUT2D eigenvalue weighted by Crippen LogP contribution is -2.43. The average molecular weight is 386 g/mol. The first-order chi connectivity index (χ1) is 13.1. The van der Waals surface area contributed by atoms with Gasteiger partial charge in [-0.1, -0.05) is 17.7 Å². The molecule has 2 aromatic carbocycles. The van der Waals surface area contributed by atoms with E-state index in [-0.39, 0.29) is 12.5 Å². The van der Waals surface area contributed by atoms with Gasteiger partial charge in [-0.05, 0) is 41.8 Å². The van der Waals surface area contributed by atoms with Gasteiger partial charge in [0.05, 0.1) is 0 Å². The molecule has 138 valence electrons. The molecule has 1 aliphatic rings. The van der Waals surface area contributed by atoms with E-state index in [4.69, 9.17) is 21.1 Å². The van der Waals surface area contributed by atoms with Gasteiger partial charge in [0.25, 0.3) is 11.8 Å². The number of carbonyl (C=O) groups is 2. The molecule has 0 unspecified atom stereocenters. The molecule has 27 heavy (non-hydrogen) atoms. The molecule has 2 N–H and O–H groups in total. The molecule has 0 bridgehead atoms. The van der Waals surface area contributed by atoms with Gasteiger partial charge < -0.3 is 14.0 Å². The summed E-state index contributed by atoms with van der Waals surface area (Å²) in [6.07, 6.45) is 1.79. The zero-order chi connectivity index (χ0) is 18.8. The molecule has 8 heteroatoms. The molecular formula is C19H16ClN3O4. The molecule has 0 atom stereocenters. The molecule has 3 aromatic rings. The van der Waals surface area contributed by atoms with Crippen molar-refractivity contribution in [2.24, 2.45) is 0 Å². The van der Waals surface area contributed by atoms with Crippen LogP contribution in [-0.2, 0) is 11.3 Å². The molecule has 7 nitrogen and oxygen atoms in total. The van der Waals surface area contributed by atoms with Crippen LogP contribution in [0.5, 0.6) is 11.5 Å². The first-order valence-corrected chi connectivity index (χ1v) is 8.71. The van der Waals surface area contributed by atoms with Crippen molar-refractivity contribution in [3.63, 3.8) is 0 Å². The summed E-state index contributed by atoms with van der Waals surface area (Å²) in [6, 6.07) is 12.2. The Balaban J connectivity index is 1.38. The van der Waals surface area contributed by atoms with Crippen molar-refractivity contribution in [1.82, 2.24) is 15.4 Å². The third kappa shape index (κ3) is 3.68. The number of halogens is 1. The van der Waals surface area contributed by atoms with Gasteiger partial charge in [0.1, 0.15) is 19.8 Å². The minimum Gasteiger partial charge on any atom is -0.486 e. The molecule has 0 aliphatic carbocycles. The van der Waals surface area contributed by atoms with E-state index < -0.39 is 5.91 Å². The van der Waals surface area contributed by atoms with E-state index in [0.29, 0.717) is 35.3 Å². The Hall–Kier alpha value is -3.19. The van der Waals surface area contributed by atoms with Gasteiger partial charge in [-0.25, -0.2) is 0 Å². The SMILES string of the molecule is O=C(Cn1ccc2ccc(Cl)cc21)NNC(=O)c1ccc2c(c1)OCCO2. The number of hydrogen-bond donors (Lipinski definition) is 2.